The summed E-state index contributed by atoms with van der Waals surface area (Å²) >= 11 is 0. The van der Waals surface area contributed by atoms with E-state index in [0.717, 1.165) is 37.3 Å². The minimum absolute atomic E-state index is 0.0779. The van der Waals surface area contributed by atoms with Crippen LogP contribution < -0.4 is 5.32 Å². The van der Waals surface area contributed by atoms with E-state index in [1.807, 2.05) is 49.8 Å². The number of hydrogen-bond acceptors (Lipinski definition) is 3. The molecule has 2 aromatic rings. The van der Waals surface area contributed by atoms with Crippen molar-refractivity contribution in [2.24, 2.45) is 0 Å². The number of imidazole rings is 1. The van der Waals surface area contributed by atoms with Gasteiger partial charge in [-0.3, -0.25) is 9.69 Å². The zero-order valence-corrected chi connectivity index (χ0v) is 13.8. The Morgan fingerprint density at radius 1 is 1.43 bits per heavy atom. The Kier molecular flexibility index (Phi) is 4.76. The third-order valence-corrected chi connectivity index (χ3v) is 4.58. The van der Waals surface area contributed by atoms with Gasteiger partial charge < -0.3 is 9.88 Å². The van der Waals surface area contributed by atoms with Crippen LogP contribution in [0.3, 0.4) is 0 Å². The van der Waals surface area contributed by atoms with E-state index >= 15 is 0 Å². The highest BCUT2D eigenvalue weighted by Crippen LogP contribution is 2.21. The van der Waals surface area contributed by atoms with Crippen molar-refractivity contribution in [2.75, 3.05) is 13.6 Å². The third kappa shape index (κ3) is 3.45. The topological polar surface area (TPSA) is 50.2 Å². The summed E-state index contributed by atoms with van der Waals surface area (Å²) < 4.78 is 2.13. The van der Waals surface area contributed by atoms with Crippen LogP contribution in [-0.4, -0.2) is 40.0 Å². The molecular weight excluding hydrogens is 288 g/mol. The maximum atomic E-state index is 12.9. The second-order valence-electron chi connectivity index (χ2n) is 6.13. The molecule has 2 heterocycles. The second-order valence-corrected chi connectivity index (χ2v) is 6.13. The van der Waals surface area contributed by atoms with E-state index in [-0.39, 0.29) is 18.0 Å². The second kappa shape index (κ2) is 6.96. The molecule has 1 aliphatic heterocycles. The maximum Gasteiger partial charge on any atom is 0.242 e. The summed E-state index contributed by atoms with van der Waals surface area (Å²) in [5.41, 5.74) is 1.04. The number of nitrogens with one attached hydrogen (secondary N) is 1. The van der Waals surface area contributed by atoms with Crippen LogP contribution in [0.25, 0.3) is 0 Å². The van der Waals surface area contributed by atoms with Crippen molar-refractivity contribution in [1.29, 1.82) is 0 Å². The highest BCUT2D eigenvalue weighted by molar-refractivity contribution is 5.83. The monoisotopic (exact) mass is 312 g/mol. The van der Waals surface area contributed by atoms with Crippen LogP contribution in [0.1, 0.15) is 30.8 Å². The number of amides is 1. The standard InChI is InChI=1S/C18H24N4O/c1-3-21(2)17(14-7-5-4-6-8-14)18(23)20-15-9-10-16-19-11-12-22(16)13-15/h4-8,11-12,15,17H,3,9-10,13H2,1-2H3,(H,20,23)/t15-,17-/m1/s1. The van der Waals surface area contributed by atoms with Crippen LogP contribution >= 0.6 is 0 Å². The molecule has 0 spiro atoms. The number of carbonyl (C=O) groups is 1. The van der Waals surface area contributed by atoms with Crippen molar-refractivity contribution in [1.82, 2.24) is 19.8 Å². The van der Waals surface area contributed by atoms with E-state index in [2.05, 4.69) is 26.7 Å². The minimum Gasteiger partial charge on any atom is -0.350 e. The van der Waals surface area contributed by atoms with E-state index in [4.69, 9.17) is 0 Å². The van der Waals surface area contributed by atoms with Gasteiger partial charge in [0.15, 0.2) is 0 Å². The first-order valence-corrected chi connectivity index (χ1v) is 8.24. The van der Waals surface area contributed by atoms with Gasteiger partial charge in [0.05, 0.1) is 0 Å². The predicted octanol–water partition coefficient (Wildman–Crippen LogP) is 2.01. The van der Waals surface area contributed by atoms with E-state index in [1.54, 1.807) is 0 Å². The van der Waals surface area contributed by atoms with E-state index in [9.17, 15) is 4.79 Å². The van der Waals surface area contributed by atoms with Gasteiger partial charge in [-0.1, -0.05) is 37.3 Å². The molecule has 0 unspecified atom stereocenters. The van der Waals surface area contributed by atoms with Gasteiger partial charge in [-0.05, 0) is 25.6 Å². The average Bonchev–Trinajstić information content (AvgIpc) is 3.03. The molecule has 0 saturated carbocycles. The Balaban J connectivity index is 1.72. The van der Waals surface area contributed by atoms with E-state index in [1.165, 1.54) is 0 Å². The Morgan fingerprint density at radius 2 is 2.22 bits per heavy atom. The SMILES string of the molecule is CCN(C)[C@@H](C(=O)N[C@@H]1CCc2nccn2C1)c1ccccc1. The Hall–Kier alpha value is -2.14. The fourth-order valence-corrected chi connectivity index (χ4v) is 3.19. The minimum atomic E-state index is -0.245. The summed E-state index contributed by atoms with van der Waals surface area (Å²) in [6.07, 6.45) is 5.68. The highest BCUT2D eigenvalue weighted by Gasteiger charge is 2.27. The first-order valence-electron chi connectivity index (χ1n) is 8.24. The quantitative estimate of drug-likeness (QED) is 0.919. The lowest BCUT2D eigenvalue weighted by molar-refractivity contribution is -0.127. The largest absolute Gasteiger partial charge is 0.350 e. The van der Waals surface area contributed by atoms with Gasteiger partial charge in [-0.15, -0.1) is 0 Å². The number of aromatic nitrogens is 2. The molecule has 5 nitrogen and oxygen atoms in total. The lowest BCUT2D eigenvalue weighted by Crippen LogP contribution is -2.46. The number of rotatable bonds is 5. The molecule has 1 aliphatic rings. The van der Waals surface area contributed by atoms with E-state index < -0.39 is 0 Å². The molecule has 1 amide bonds. The Labute approximate surface area is 137 Å². The third-order valence-electron chi connectivity index (χ3n) is 4.58. The molecule has 2 atom stereocenters. The van der Waals surface area contributed by atoms with Crippen LogP contribution in [-0.2, 0) is 17.8 Å². The van der Waals surface area contributed by atoms with Gasteiger partial charge in [-0.25, -0.2) is 4.98 Å². The lowest BCUT2D eigenvalue weighted by atomic mass is 10.0. The fraction of sp³-hybridized carbons (Fsp3) is 0.444. The molecule has 23 heavy (non-hydrogen) atoms. The summed E-state index contributed by atoms with van der Waals surface area (Å²) in [4.78, 5) is 19.3. The Bertz CT molecular complexity index is 652. The molecule has 0 bridgehead atoms. The van der Waals surface area contributed by atoms with Gasteiger partial charge in [0.1, 0.15) is 11.9 Å². The summed E-state index contributed by atoms with van der Waals surface area (Å²) in [6.45, 7) is 3.70. The number of nitrogens with zero attached hydrogens (tertiary/aromatic N) is 3. The summed E-state index contributed by atoms with van der Waals surface area (Å²) in [5.74, 6) is 1.19. The van der Waals surface area contributed by atoms with Crippen LogP contribution in [0.4, 0.5) is 0 Å². The number of fused-ring (bicyclic) bond motifs is 1. The van der Waals surface area contributed by atoms with Gasteiger partial charge in [0.25, 0.3) is 0 Å². The van der Waals surface area contributed by atoms with Crippen molar-refractivity contribution in [3.05, 3.63) is 54.1 Å². The van der Waals surface area contributed by atoms with E-state index in [0.29, 0.717) is 0 Å². The highest BCUT2D eigenvalue weighted by atomic mass is 16.2. The number of benzene rings is 1. The molecule has 1 aromatic heterocycles. The molecule has 0 fully saturated rings. The fourth-order valence-electron chi connectivity index (χ4n) is 3.19. The predicted molar refractivity (Wildman–Crippen MR) is 90.0 cm³/mol. The number of hydrogen-bond donors (Lipinski definition) is 1. The number of likely N-dealkylation sites (N-methyl/N-ethyl adjacent to an activating group) is 1. The molecule has 1 aromatic carbocycles. The molecule has 122 valence electrons. The van der Waals surface area contributed by atoms with Crippen molar-refractivity contribution < 1.29 is 4.79 Å². The summed E-state index contributed by atoms with van der Waals surface area (Å²) in [7, 11) is 1.99. The molecule has 0 radical (unpaired) electrons. The van der Waals surface area contributed by atoms with Crippen molar-refractivity contribution in [2.45, 2.75) is 38.4 Å². The molecule has 5 heteroatoms. The van der Waals surface area contributed by atoms with Crippen molar-refractivity contribution in [3.8, 4) is 0 Å². The van der Waals surface area contributed by atoms with Crippen molar-refractivity contribution in [3.63, 3.8) is 0 Å². The van der Waals surface area contributed by atoms with Gasteiger partial charge >= 0.3 is 0 Å². The van der Waals surface area contributed by atoms with Crippen molar-refractivity contribution >= 4 is 5.91 Å². The maximum absolute atomic E-state index is 12.9. The smallest absolute Gasteiger partial charge is 0.242 e. The van der Waals surface area contributed by atoms with Gasteiger partial charge in [0, 0.05) is 31.4 Å². The van der Waals surface area contributed by atoms with Crippen LogP contribution in [0.2, 0.25) is 0 Å². The lowest BCUT2D eigenvalue weighted by Gasteiger charge is -2.30. The first kappa shape index (κ1) is 15.7. The number of carbonyl (C=O) groups excluding carboxylic acids is 1. The first-order chi connectivity index (χ1) is 11.2. The molecule has 1 N–H and O–H groups in total. The Morgan fingerprint density at radius 3 is 2.96 bits per heavy atom. The normalized spacial score (nSPS) is 18.5. The van der Waals surface area contributed by atoms with Gasteiger partial charge in [-0.2, -0.15) is 0 Å². The molecule has 0 saturated heterocycles. The zero-order valence-electron chi connectivity index (χ0n) is 13.8. The van der Waals surface area contributed by atoms with Crippen LogP contribution in [0.15, 0.2) is 42.7 Å². The molecular formula is C18H24N4O. The van der Waals surface area contributed by atoms with Crippen LogP contribution in [0.5, 0.6) is 0 Å². The summed E-state index contributed by atoms with van der Waals surface area (Å²) in [6, 6.07) is 9.91. The zero-order chi connectivity index (χ0) is 16.2. The number of aryl methyl sites for hydroxylation is 1. The molecule has 0 aliphatic carbocycles. The van der Waals surface area contributed by atoms with Gasteiger partial charge in [0.2, 0.25) is 5.91 Å². The average molecular weight is 312 g/mol. The van der Waals surface area contributed by atoms with Crippen LogP contribution in [0, 0.1) is 0 Å². The summed E-state index contributed by atoms with van der Waals surface area (Å²) in [5, 5.41) is 3.23. The molecule has 3 rings (SSSR count).